The van der Waals surface area contributed by atoms with Crippen molar-refractivity contribution >= 4 is 23.2 Å². The molecule has 19 heavy (non-hydrogen) atoms. The number of rotatable bonds is 8. The summed E-state index contributed by atoms with van der Waals surface area (Å²) in [6.45, 7) is 5.76. The van der Waals surface area contributed by atoms with Crippen LogP contribution in [0.1, 0.15) is 27.9 Å². The van der Waals surface area contributed by atoms with Crippen LogP contribution in [0.5, 0.6) is 0 Å². The van der Waals surface area contributed by atoms with Crippen LogP contribution in [0.15, 0.2) is 12.1 Å². The molecule has 1 aromatic heterocycles. The van der Waals surface area contributed by atoms with Gasteiger partial charge in [0.15, 0.2) is 0 Å². The van der Waals surface area contributed by atoms with Crippen LogP contribution in [0.4, 0.5) is 0 Å². The SMILES string of the molecule is CCOCCCNC(=O)CNC(=O)c1ccc(C)s1. The molecule has 0 aliphatic rings. The molecular formula is C13H20N2O3S. The summed E-state index contributed by atoms with van der Waals surface area (Å²) in [7, 11) is 0. The number of hydrogen-bond donors (Lipinski definition) is 2. The van der Waals surface area contributed by atoms with E-state index in [4.69, 9.17) is 4.74 Å². The fourth-order valence-corrected chi connectivity index (χ4v) is 2.20. The van der Waals surface area contributed by atoms with Gasteiger partial charge in [0.25, 0.3) is 5.91 Å². The topological polar surface area (TPSA) is 67.4 Å². The fourth-order valence-electron chi connectivity index (χ4n) is 1.41. The molecule has 0 spiro atoms. The van der Waals surface area contributed by atoms with E-state index in [0.29, 0.717) is 24.6 Å². The molecule has 2 amide bonds. The zero-order valence-corrected chi connectivity index (χ0v) is 12.1. The summed E-state index contributed by atoms with van der Waals surface area (Å²) in [6.07, 6.45) is 0.775. The van der Waals surface area contributed by atoms with Crippen molar-refractivity contribution < 1.29 is 14.3 Å². The maximum atomic E-state index is 11.7. The molecular weight excluding hydrogens is 264 g/mol. The Balaban J connectivity index is 2.14. The first-order valence-corrected chi connectivity index (χ1v) is 7.14. The Hall–Kier alpha value is -1.40. The van der Waals surface area contributed by atoms with Crippen LogP contribution in [0.2, 0.25) is 0 Å². The van der Waals surface area contributed by atoms with Crippen molar-refractivity contribution in [3.8, 4) is 0 Å². The summed E-state index contributed by atoms with van der Waals surface area (Å²) in [5, 5.41) is 5.32. The van der Waals surface area contributed by atoms with Gasteiger partial charge in [-0.3, -0.25) is 9.59 Å². The molecule has 0 saturated carbocycles. The number of nitrogens with one attached hydrogen (secondary N) is 2. The van der Waals surface area contributed by atoms with Gasteiger partial charge in [0.05, 0.1) is 11.4 Å². The first-order valence-electron chi connectivity index (χ1n) is 6.32. The second-order valence-corrected chi connectivity index (χ2v) is 5.28. The Morgan fingerprint density at radius 1 is 1.32 bits per heavy atom. The first-order chi connectivity index (χ1) is 9.13. The lowest BCUT2D eigenvalue weighted by molar-refractivity contribution is -0.120. The molecule has 0 saturated heterocycles. The lowest BCUT2D eigenvalue weighted by Crippen LogP contribution is -2.37. The summed E-state index contributed by atoms with van der Waals surface area (Å²) in [5.74, 6) is -0.388. The van der Waals surface area contributed by atoms with Gasteiger partial charge >= 0.3 is 0 Å². The van der Waals surface area contributed by atoms with Crippen molar-refractivity contribution in [3.63, 3.8) is 0 Å². The van der Waals surface area contributed by atoms with Gasteiger partial charge < -0.3 is 15.4 Å². The predicted molar refractivity (Wildman–Crippen MR) is 75.5 cm³/mol. The van der Waals surface area contributed by atoms with E-state index in [9.17, 15) is 9.59 Å². The van der Waals surface area contributed by atoms with Crippen molar-refractivity contribution in [2.75, 3.05) is 26.3 Å². The third kappa shape index (κ3) is 6.35. The van der Waals surface area contributed by atoms with Crippen LogP contribution >= 0.6 is 11.3 Å². The summed E-state index contributed by atoms with van der Waals surface area (Å²) in [6, 6.07) is 3.64. The number of carbonyl (C=O) groups is 2. The lowest BCUT2D eigenvalue weighted by Gasteiger charge is -2.06. The van der Waals surface area contributed by atoms with E-state index in [2.05, 4.69) is 10.6 Å². The molecule has 1 rings (SSSR count). The number of hydrogen-bond acceptors (Lipinski definition) is 4. The van der Waals surface area contributed by atoms with Crippen LogP contribution < -0.4 is 10.6 Å². The predicted octanol–water partition coefficient (Wildman–Crippen LogP) is 1.33. The molecule has 0 unspecified atom stereocenters. The van der Waals surface area contributed by atoms with Crippen LogP contribution in [0, 0.1) is 6.92 Å². The van der Waals surface area contributed by atoms with E-state index in [1.165, 1.54) is 11.3 Å². The van der Waals surface area contributed by atoms with Crippen molar-refractivity contribution in [1.82, 2.24) is 10.6 Å². The van der Waals surface area contributed by atoms with Gasteiger partial charge in [-0.1, -0.05) is 0 Å². The number of aryl methyl sites for hydroxylation is 1. The van der Waals surface area contributed by atoms with Gasteiger partial charge in [0, 0.05) is 24.6 Å². The second-order valence-electron chi connectivity index (χ2n) is 3.99. The average Bonchev–Trinajstić information content (AvgIpc) is 2.82. The molecule has 1 heterocycles. The Bertz CT molecular complexity index is 418. The number of carbonyl (C=O) groups excluding carboxylic acids is 2. The maximum Gasteiger partial charge on any atom is 0.261 e. The van der Waals surface area contributed by atoms with Gasteiger partial charge in [-0.05, 0) is 32.4 Å². The molecule has 1 aromatic rings. The molecule has 0 bridgehead atoms. The van der Waals surface area contributed by atoms with Crippen molar-refractivity contribution in [1.29, 1.82) is 0 Å². The van der Waals surface area contributed by atoms with E-state index < -0.39 is 0 Å². The summed E-state index contributed by atoms with van der Waals surface area (Å²) >= 11 is 1.41. The minimum atomic E-state index is -0.206. The third-order valence-electron chi connectivity index (χ3n) is 2.37. The molecule has 0 aromatic carbocycles. The summed E-state index contributed by atoms with van der Waals surface area (Å²) in [4.78, 5) is 24.8. The van der Waals surface area contributed by atoms with Gasteiger partial charge in [0.1, 0.15) is 0 Å². The molecule has 5 nitrogen and oxygen atoms in total. The molecule has 2 N–H and O–H groups in total. The van der Waals surface area contributed by atoms with E-state index >= 15 is 0 Å². The van der Waals surface area contributed by atoms with Gasteiger partial charge in [-0.2, -0.15) is 0 Å². The highest BCUT2D eigenvalue weighted by molar-refractivity contribution is 7.13. The lowest BCUT2D eigenvalue weighted by atomic mass is 10.4. The highest BCUT2D eigenvalue weighted by atomic mass is 32.1. The number of thiophene rings is 1. The summed E-state index contributed by atoms with van der Waals surface area (Å²) < 4.78 is 5.15. The fraction of sp³-hybridized carbons (Fsp3) is 0.538. The van der Waals surface area contributed by atoms with Gasteiger partial charge in [-0.15, -0.1) is 11.3 Å². The number of amides is 2. The van der Waals surface area contributed by atoms with E-state index in [1.807, 2.05) is 19.9 Å². The standard InChI is InChI=1S/C13H20N2O3S/c1-3-18-8-4-7-14-12(16)9-15-13(17)11-6-5-10(2)19-11/h5-6H,3-4,7-9H2,1-2H3,(H,14,16)(H,15,17). The van der Waals surface area contributed by atoms with Crippen molar-refractivity contribution in [3.05, 3.63) is 21.9 Å². The van der Waals surface area contributed by atoms with E-state index in [1.54, 1.807) is 6.07 Å². The monoisotopic (exact) mass is 284 g/mol. The minimum absolute atomic E-state index is 0.00438. The smallest absolute Gasteiger partial charge is 0.261 e. The molecule has 0 aliphatic heterocycles. The molecule has 6 heteroatoms. The highest BCUT2D eigenvalue weighted by Crippen LogP contribution is 2.14. The Kier molecular flexibility index (Phi) is 7.14. The third-order valence-corrected chi connectivity index (χ3v) is 3.36. The van der Waals surface area contributed by atoms with E-state index in [-0.39, 0.29) is 18.4 Å². The number of ether oxygens (including phenoxy) is 1. The average molecular weight is 284 g/mol. The Morgan fingerprint density at radius 3 is 2.74 bits per heavy atom. The molecule has 0 fully saturated rings. The summed E-state index contributed by atoms with van der Waals surface area (Å²) in [5.41, 5.74) is 0. The minimum Gasteiger partial charge on any atom is -0.382 e. The van der Waals surface area contributed by atoms with Crippen molar-refractivity contribution in [2.45, 2.75) is 20.3 Å². The largest absolute Gasteiger partial charge is 0.382 e. The quantitative estimate of drug-likeness (QED) is 0.708. The molecule has 0 atom stereocenters. The molecule has 106 valence electrons. The molecule has 0 aliphatic carbocycles. The van der Waals surface area contributed by atoms with Crippen LogP contribution in [0.3, 0.4) is 0 Å². The normalized spacial score (nSPS) is 10.2. The van der Waals surface area contributed by atoms with Crippen LogP contribution in [0.25, 0.3) is 0 Å². The van der Waals surface area contributed by atoms with Crippen LogP contribution in [-0.4, -0.2) is 38.1 Å². The second kappa shape index (κ2) is 8.66. The van der Waals surface area contributed by atoms with Gasteiger partial charge in [0.2, 0.25) is 5.91 Å². The Labute approximate surface area is 117 Å². The van der Waals surface area contributed by atoms with Crippen molar-refractivity contribution in [2.24, 2.45) is 0 Å². The van der Waals surface area contributed by atoms with Crippen LogP contribution in [-0.2, 0) is 9.53 Å². The first kappa shape index (κ1) is 15.7. The highest BCUT2D eigenvalue weighted by Gasteiger charge is 2.09. The zero-order valence-electron chi connectivity index (χ0n) is 11.3. The van der Waals surface area contributed by atoms with E-state index in [0.717, 1.165) is 11.3 Å². The molecule has 0 radical (unpaired) electrons. The zero-order chi connectivity index (χ0) is 14.1. The van der Waals surface area contributed by atoms with Gasteiger partial charge in [-0.25, -0.2) is 0 Å². The Morgan fingerprint density at radius 2 is 2.11 bits per heavy atom. The maximum absolute atomic E-state index is 11.7.